The number of benzene rings is 1. The molecule has 6 nitrogen and oxygen atoms in total. The van der Waals surface area contributed by atoms with Crippen molar-refractivity contribution < 1.29 is 19.5 Å². The molecule has 2 aliphatic heterocycles. The van der Waals surface area contributed by atoms with E-state index >= 15 is 0 Å². The highest BCUT2D eigenvalue weighted by Crippen LogP contribution is 2.44. The summed E-state index contributed by atoms with van der Waals surface area (Å²) in [5.41, 5.74) is -0.984. The molecule has 116 valence electrons. The van der Waals surface area contributed by atoms with Crippen LogP contribution in [0.1, 0.15) is 37.0 Å². The van der Waals surface area contributed by atoms with E-state index in [-0.39, 0.29) is 37.1 Å². The van der Waals surface area contributed by atoms with Crippen LogP contribution in [0.3, 0.4) is 0 Å². The van der Waals surface area contributed by atoms with Crippen LogP contribution in [0.15, 0.2) is 24.3 Å². The Morgan fingerprint density at radius 2 is 2.00 bits per heavy atom. The average Bonchev–Trinajstić information content (AvgIpc) is 2.82. The lowest BCUT2D eigenvalue weighted by molar-refractivity contribution is -0.318. The number of aliphatic carboxylic acids is 1. The molecule has 3 rings (SSSR count). The normalized spacial score (nSPS) is 23.8. The van der Waals surface area contributed by atoms with Gasteiger partial charge in [0.05, 0.1) is 17.2 Å². The Kier molecular flexibility index (Phi) is 3.20. The van der Waals surface area contributed by atoms with Crippen LogP contribution in [0.2, 0.25) is 0 Å². The van der Waals surface area contributed by atoms with Crippen molar-refractivity contribution >= 4 is 23.5 Å². The summed E-state index contributed by atoms with van der Waals surface area (Å²) in [7, 11) is 0. The third kappa shape index (κ3) is 1.76. The van der Waals surface area contributed by atoms with Crippen LogP contribution in [0, 0.1) is 5.92 Å². The first-order valence-corrected chi connectivity index (χ1v) is 7.35. The van der Waals surface area contributed by atoms with E-state index in [1.165, 1.54) is 9.80 Å². The van der Waals surface area contributed by atoms with Crippen LogP contribution in [-0.4, -0.2) is 34.9 Å². The van der Waals surface area contributed by atoms with E-state index in [4.69, 9.17) is 0 Å². The van der Waals surface area contributed by atoms with Crippen molar-refractivity contribution in [2.24, 2.45) is 5.92 Å². The molecule has 0 radical (unpaired) electrons. The van der Waals surface area contributed by atoms with Crippen molar-refractivity contribution in [1.29, 1.82) is 0 Å². The fourth-order valence-electron chi connectivity index (χ4n) is 3.37. The zero-order chi connectivity index (χ0) is 16.1. The van der Waals surface area contributed by atoms with Gasteiger partial charge in [-0.15, -0.1) is 0 Å². The zero-order valence-electron chi connectivity index (χ0n) is 12.5. The standard InChI is InChI=1S/C16H18N2O4/c1-10(2)9-17-14(20)11-5-3-4-6-12(11)18-13(19)7-8-16(17,18)15(21)22/h3-6,10H,7-9H2,1-2H3,(H,21,22)/p-1/t16-/m0/s1. The van der Waals surface area contributed by atoms with Crippen LogP contribution in [0.25, 0.3) is 0 Å². The lowest BCUT2D eigenvalue weighted by atomic mass is 9.95. The molecule has 1 aromatic rings. The van der Waals surface area contributed by atoms with Gasteiger partial charge in [-0.25, -0.2) is 0 Å². The third-order valence-electron chi connectivity index (χ3n) is 4.25. The molecule has 2 amide bonds. The minimum Gasteiger partial charge on any atom is -0.545 e. The van der Waals surface area contributed by atoms with Crippen LogP contribution < -0.4 is 10.0 Å². The third-order valence-corrected chi connectivity index (χ3v) is 4.25. The summed E-state index contributed by atoms with van der Waals surface area (Å²) in [6, 6.07) is 6.63. The van der Waals surface area contributed by atoms with Crippen LogP contribution in [-0.2, 0) is 9.59 Å². The lowest BCUT2D eigenvalue weighted by Gasteiger charge is -2.51. The summed E-state index contributed by atoms with van der Waals surface area (Å²) in [6.07, 6.45) is 0.144. The maximum Gasteiger partial charge on any atom is 0.258 e. The molecule has 22 heavy (non-hydrogen) atoms. The summed E-state index contributed by atoms with van der Waals surface area (Å²) in [5, 5.41) is 12.0. The van der Waals surface area contributed by atoms with E-state index in [1.54, 1.807) is 24.3 Å². The second-order valence-corrected chi connectivity index (χ2v) is 6.16. The molecule has 1 fully saturated rings. The van der Waals surface area contributed by atoms with Gasteiger partial charge < -0.3 is 14.8 Å². The Morgan fingerprint density at radius 1 is 1.32 bits per heavy atom. The van der Waals surface area contributed by atoms with Crippen molar-refractivity contribution in [3.8, 4) is 0 Å². The van der Waals surface area contributed by atoms with Gasteiger partial charge in [0.2, 0.25) is 5.91 Å². The summed E-state index contributed by atoms with van der Waals surface area (Å²) in [6.45, 7) is 4.06. The number of carboxylic acids is 1. The van der Waals surface area contributed by atoms with E-state index in [1.807, 2.05) is 13.8 Å². The molecule has 1 saturated heterocycles. The van der Waals surface area contributed by atoms with Crippen molar-refractivity contribution in [2.75, 3.05) is 11.4 Å². The molecular weight excluding hydrogens is 284 g/mol. The summed E-state index contributed by atoms with van der Waals surface area (Å²) >= 11 is 0. The van der Waals surface area contributed by atoms with Gasteiger partial charge in [0.15, 0.2) is 5.66 Å². The predicted octanol–water partition coefficient (Wildman–Crippen LogP) is 0.371. The number of para-hydroxylation sites is 1. The van der Waals surface area contributed by atoms with Gasteiger partial charge in [-0.2, -0.15) is 0 Å². The molecule has 2 aliphatic rings. The van der Waals surface area contributed by atoms with Gasteiger partial charge in [-0.1, -0.05) is 26.0 Å². The number of hydrogen-bond donors (Lipinski definition) is 0. The molecule has 1 atom stereocenters. The monoisotopic (exact) mass is 301 g/mol. The van der Waals surface area contributed by atoms with E-state index in [9.17, 15) is 19.5 Å². The summed E-state index contributed by atoms with van der Waals surface area (Å²) in [4.78, 5) is 39.6. The molecular formula is C16H17N2O4-. The molecule has 0 N–H and O–H groups in total. The highest BCUT2D eigenvalue weighted by atomic mass is 16.4. The number of carboxylic acid groups (broad SMARTS) is 1. The Hall–Kier alpha value is -2.37. The fourth-order valence-corrected chi connectivity index (χ4v) is 3.37. The second kappa shape index (κ2) is 4.83. The Morgan fingerprint density at radius 3 is 2.64 bits per heavy atom. The molecule has 0 saturated carbocycles. The first-order valence-electron chi connectivity index (χ1n) is 7.35. The zero-order valence-corrected chi connectivity index (χ0v) is 12.5. The molecule has 0 unspecified atom stereocenters. The Balaban J connectivity index is 2.25. The maximum atomic E-state index is 12.8. The van der Waals surface area contributed by atoms with Gasteiger partial charge in [0, 0.05) is 19.4 Å². The Labute approximate surface area is 128 Å². The van der Waals surface area contributed by atoms with Gasteiger partial charge in [-0.05, 0) is 18.1 Å². The van der Waals surface area contributed by atoms with Gasteiger partial charge in [0.1, 0.15) is 0 Å². The number of hydrogen-bond acceptors (Lipinski definition) is 4. The smallest absolute Gasteiger partial charge is 0.258 e. The number of anilines is 1. The number of carbonyl (C=O) groups is 3. The van der Waals surface area contributed by atoms with E-state index in [2.05, 4.69) is 0 Å². The first-order chi connectivity index (χ1) is 10.4. The largest absolute Gasteiger partial charge is 0.545 e. The highest BCUT2D eigenvalue weighted by Gasteiger charge is 2.57. The van der Waals surface area contributed by atoms with Gasteiger partial charge in [0.25, 0.3) is 5.91 Å². The quantitative estimate of drug-likeness (QED) is 0.808. The molecule has 0 bridgehead atoms. The van der Waals surface area contributed by atoms with E-state index in [0.29, 0.717) is 11.3 Å². The SMILES string of the molecule is CC(C)CN1C(=O)c2ccccc2N2C(=O)CC[C@]12C(=O)[O-]. The number of nitrogens with zero attached hydrogens (tertiary/aromatic N) is 2. The van der Waals surface area contributed by atoms with Gasteiger partial charge >= 0.3 is 0 Å². The predicted molar refractivity (Wildman–Crippen MR) is 76.8 cm³/mol. The van der Waals surface area contributed by atoms with Crippen LogP contribution >= 0.6 is 0 Å². The van der Waals surface area contributed by atoms with Crippen molar-refractivity contribution in [3.05, 3.63) is 29.8 Å². The number of carbonyl (C=O) groups excluding carboxylic acids is 3. The fraction of sp³-hybridized carbons (Fsp3) is 0.438. The molecule has 2 heterocycles. The van der Waals surface area contributed by atoms with Crippen molar-refractivity contribution in [3.63, 3.8) is 0 Å². The van der Waals surface area contributed by atoms with Crippen LogP contribution in [0.5, 0.6) is 0 Å². The molecule has 0 aliphatic carbocycles. The minimum absolute atomic E-state index is 0.0565. The van der Waals surface area contributed by atoms with E-state index in [0.717, 1.165) is 0 Å². The maximum absolute atomic E-state index is 12.8. The topological polar surface area (TPSA) is 80.8 Å². The average molecular weight is 301 g/mol. The minimum atomic E-state index is -1.70. The molecule has 0 aromatic heterocycles. The number of amides is 2. The highest BCUT2D eigenvalue weighted by molar-refractivity contribution is 6.15. The Bertz CT molecular complexity index is 670. The summed E-state index contributed by atoms with van der Waals surface area (Å²) < 4.78 is 0. The van der Waals surface area contributed by atoms with Gasteiger partial charge in [-0.3, -0.25) is 14.5 Å². The molecule has 1 aromatic carbocycles. The van der Waals surface area contributed by atoms with Crippen LogP contribution in [0.4, 0.5) is 5.69 Å². The number of rotatable bonds is 3. The molecule has 6 heteroatoms. The second-order valence-electron chi connectivity index (χ2n) is 6.16. The lowest BCUT2D eigenvalue weighted by Crippen LogP contribution is -2.71. The summed E-state index contributed by atoms with van der Waals surface area (Å²) in [5.74, 6) is -1.98. The molecule has 0 spiro atoms. The van der Waals surface area contributed by atoms with Crippen molar-refractivity contribution in [1.82, 2.24) is 4.90 Å². The van der Waals surface area contributed by atoms with E-state index < -0.39 is 11.6 Å². The first kappa shape index (κ1) is 14.6. The van der Waals surface area contributed by atoms with Crippen molar-refractivity contribution in [2.45, 2.75) is 32.4 Å². The number of fused-ring (bicyclic) bond motifs is 3.